The van der Waals surface area contributed by atoms with Crippen molar-refractivity contribution in [2.24, 2.45) is 0 Å². The third kappa shape index (κ3) is 4.28. The third-order valence-electron chi connectivity index (χ3n) is 4.95. The maximum Gasteiger partial charge on any atom is 0.321 e. The van der Waals surface area contributed by atoms with Gasteiger partial charge in [-0.1, -0.05) is 0 Å². The molecule has 0 aliphatic carbocycles. The highest BCUT2D eigenvalue weighted by Crippen LogP contribution is 2.34. The lowest BCUT2D eigenvalue weighted by molar-refractivity contribution is 0.0783. The minimum Gasteiger partial charge on any atom is -0.386 e. The summed E-state index contributed by atoms with van der Waals surface area (Å²) in [5.41, 5.74) is 2.70. The molecule has 4 aromatic rings. The number of aliphatic hydroxyl groups is 1. The van der Waals surface area contributed by atoms with Crippen molar-refractivity contribution < 1.29 is 14.3 Å². The number of amides is 2. The quantitative estimate of drug-likeness (QED) is 0.376. The van der Waals surface area contributed by atoms with Gasteiger partial charge in [-0.25, -0.2) is 14.2 Å². The van der Waals surface area contributed by atoms with Crippen LogP contribution >= 0.6 is 0 Å². The molecule has 1 aromatic carbocycles. The molecule has 4 N–H and O–H groups in total. The number of H-pyrrole nitrogens is 1. The molecule has 0 radical (unpaired) electrons. The van der Waals surface area contributed by atoms with Crippen molar-refractivity contribution in [1.82, 2.24) is 25.3 Å². The Bertz CT molecular complexity index is 1300. The molecule has 0 spiro atoms. The lowest BCUT2D eigenvalue weighted by Gasteiger charge is -2.18. The van der Waals surface area contributed by atoms with Crippen molar-refractivity contribution >= 4 is 23.0 Å². The van der Waals surface area contributed by atoms with E-state index in [1.54, 1.807) is 32.3 Å². The SMILES string of the molecule is CCNC(=O)Nc1nc2cc(-c3cncc(C(C)(C)O)c3)cc(-c3ncccc3F)c2[nH]1. The van der Waals surface area contributed by atoms with Gasteiger partial charge >= 0.3 is 6.03 Å². The van der Waals surface area contributed by atoms with Crippen molar-refractivity contribution in [3.05, 3.63) is 60.3 Å². The Balaban J connectivity index is 1.90. The second-order valence-corrected chi connectivity index (χ2v) is 7.84. The number of carbonyl (C=O) groups excluding carboxylic acids is 1. The highest BCUT2D eigenvalue weighted by atomic mass is 19.1. The molecule has 0 fully saturated rings. The van der Waals surface area contributed by atoms with E-state index < -0.39 is 17.4 Å². The largest absolute Gasteiger partial charge is 0.386 e. The molecule has 164 valence electrons. The molecule has 3 heterocycles. The number of benzene rings is 1. The van der Waals surface area contributed by atoms with E-state index in [1.165, 1.54) is 18.3 Å². The molecule has 0 aliphatic heterocycles. The topological polar surface area (TPSA) is 116 Å². The van der Waals surface area contributed by atoms with Gasteiger partial charge in [-0.2, -0.15) is 0 Å². The van der Waals surface area contributed by atoms with Crippen LogP contribution in [-0.4, -0.2) is 37.6 Å². The number of fused-ring (bicyclic) bond motifs is 1. The average Bonchev–Trinajstić information content (AvgIpc) is 3.15. The smallest absolute Gasteiger partial charge is 0.321 e. The van der Waals surface area contributed by atoms with Crippen molar-refractivity contribution in [3.63, 3.8) is 0 Å². The Kier molecular flexibility index (Phi) is 5.58. The monoisotopic (exact) mass is 434 g/mol. The molecular weight excluding hydrogens is 411 g/mol. The van der Waals surface area contributed by atoms with Crippen molar-refractivity contribution in [2.45, 2.75) is 26.4 Å². The summed E-state index contributed by atoms with van der Waals surface area (Å²) >= 11 is 0. The molecule has 2 amide bonds. The first-order chi connectivity index (χ1) is 15.3. The Morgan fingerprint density at radius 2 is 2.03 bits per heavy atom. The van der Waals surface area contributed by atoms with Gasteiger partial charge in [0.25, 0.3) is 0 Å². The van der Waals surface area contributed by atoms with Crippen molar-refractivity contribution in [3.8, 4) is 22.4 Å². The minimum atomic E-state index is -1.07. The molecule has 0 saturated heterocycles. The Hall–Kier alpha value is -3.85. The maximum atomic E-state index is 14.7. The van der Waals surface area contributed by atoms with E-state index in [-0.39, 0.29) is 11.6 Å². The summed E-state index contributed by atoms with van der Waals surface area (Å²) < 4.78 is 14.7. The fourth-order valence-corrected chi connectivity index (χ4v) is 3.35. The highest BCUT2D eigenvalue weighted by molar-refractivity contribution is 5.98. The lowest BCUT2D eigenvalue weighted by Crippen LogP contribution is -2.28. The summed E-state index contributed by atoms with van der Waals surface area (Å²) in [5, 5.41) is 15.6. The summed E-state index contributed by atoms with van der Waals surface area (Å²) in [4.78, 5) is 27.9. The normalized spacial score (nSPS) is 11.5. The first-order valence-corrected chi connectivity index (χ1v) is 10.1. The molecule has 0 aliphatic rings. The summed E-state index contributed by atoms with van der Waals surface area (Å²) in [6, 6.07) is 7.87. The van der Waals surface area contributed by atoms with Gasteiger partial charge in [-0.15, -0.1) is 0 Å². The second kappa shape index (κ2) is 8.35. The number of nitrogens with one attached hydrogen (secondary N) is 3. The number of aromatic nitrogens is 4. The molecule has 9 heteroatoms. The number of urea groups is 1. The summed E-state index contributed by atoms with van der Waals surface area (Å²) in [7, 11) is 0. The predicted octanol–water partition coefficient (Wildman–Crippen LogP) is 4.19. The average molecular weight is 434 g/mol. The van der Waals surface area contributed by atoms with Gasteiger partial charge in [0.1, 0.15) is 11.5 Å². The molecule has 0 bridgehead atoms. The highest BCUT2D eigenvalue weighted by Gasteiger charge is 2.19. The minimum absolute atomic E-state index is 0.152. The van der Waals surface area contributed by atoms with Gasteiger partial charge < -0.3 is 15.4 Å². The number of pyridine rings is 2. The van der Waals surface area contributed by atoms with Gasteiger partial charge in [0, 0.05) is 41.8 Å². The Morgan fingerprint density at radius 3 is 2.75 bits per heavy atom. The van der Waals surface area contributed by atoms with Gasteiger partial charge in [0.05, 0.1) is 16.6 Å². The summed E-state index contributed by atoms with van der Waals surface area (Å²) in [6.07, 6.45) is 4.78. The standard InChI is InChI=1S/C23H23FN6O2/c1-4-26-22(31)30-21-28-18-10-13(14-8-15(12-25-11-14)23(2,3)32)9-16(20(18)29-21)19-17(24)6-5-7-27-19/h5-12,32H,4H2,1-3H3,(H3,26,28,29,30,31). The summed E-state index contributed by atoms with van der Waals surface area (Å²) in [5.74, 6) is -0.258. The first-order valence-electron chi connectivity index (χ1n) is 10.1. The number of anilines is 1. The van der Waals surface area contributed by atoms with Crippen molar-refractivity contribution in [1.29, 1.82) is 0 Å². The Morgan fingerprint density at radius 1 is 1.22 bits per heavy atom. The van der Waals surface area contributed by atoms with Crippen LogP contribution in [0.5, 0.6) is 0 Å². The van der Waals surface area contributed by atoms with Crippen LogP contribution in [0.4, 0.5) is 15.1 Å². The van der Waals surface area contributed by atoms with Crippen LogP contribution < -0.4 is 10.6 Å². The molecule has 32 heavy (non-hydrogen) atoms. The third-order valence-corrected chi connectivity index (χ3v) is 4.95. The molecular formula is C23H23FN6O2. The van der Waals surface area contributed by atoms with E-state index >= 15 is 0 Å². The number of aromatic amines is 1. The van der Waals surface area contributed by atoms with Crippen LogP contribution in [0.2, 0.25) is 0 Å². The van der Waals surface area contributed by atoms with Crippen LogP contribution in [0.15, 0.2) is 48.9 Å². The molecule has 0 unspecified atom stereocenters. The van der Waals surface area contributed by atoms with E-state index in [1.807, 2.05) is 19.1 Å². The molecule has 8 nitrogen and oxygen atoms in total. The number of carbonyl (C=O) groups is 1. The van der Waals surface area contributed by atoms with E-state index in [0.29, 0.717) is 34.3 Å². The van der Waals surface area contributed by atoms with Crippen LogP contribution in [0.3, 0.4) is 0 Å². The number of rotatable bonds is 5. The van der Waals surface area contributed by atoms with Gasteiger partial charge in [0.15, 0.2) is 0 Å². The van der Waals surface area contributed by atoms with E-state index in [9.17, 15) is 14.3 Å². The number of imidazole rings is 1. The molecule has 4 rings (SSSR count). The zero-order valence-electron chi connectivity index (χ0n) is 17.9. The fourth-order valence-electron chi connectivity index (χ4n) is 3.35. The fraction of sp³-hybridized carbons (Fsp3) is 0.217. The maximum absolute atomic E-state index is 14.7. The van der Waals surface area contributed by atoms with Gasteiger partial charge in [0.2, 0.25) is 5.95 Å². The van der Waals surface area contributed by atoms with Crippen LogP contribution in [0, 0.1) is 5.82 Å². The van der Waals surface area contributed by atoms with Gasteiger partial charge in [-0.3, -0.25) is 15.3 Å². The number of hydrogen-bond donors (Lipinski definition) is 4. The van der Waals surface area contributed by atoms with Gasteiger partial charge in [-0.05, 0) is 56.7 Å². The van der Waals surface area contributed by atoms with Crippen LogP contribution in [0.1, 0.15) is 26.3 Å². The Labute approximate surface area is 184 Å². The van der Waals surface area contributed by atoms with Crippen LogP contribution in [-0.2, 0) is 5.60 Å². The lowest BCUT2D eigenvalue weighted by atomic mass is 9.95. The van der Waals surface area contributed by atoms with E-state index in [2.05, 4.69) is 30.6 Å². The number of halogens is 1. The van der Waals surface area contributed by atoms with E-state index in [4.69, 9.17) is 0 Å². The summed E-state index contributed by atoms with van der Waals surface area (Å²) in [6.45, 7) is 5.63. The zero-order valence-corrected chi connectivity index (χ0v) is 17.9. The van der Waals surface area contributed by atoms with Crippen LogP contribution in [0.25, 0.3) is 33.4 Å². The van der Waals surface area contributed by atoms with E-state index in [0.717, 1.165) is 5.56 Å². The molecule has 3 aromatic heterocycles. The number of hydrogen-bond acceptors (Lipinski definition) is 5. The molecule has 0 saturated carbocycles. The first kappa shape index (κ1) is 21.4. The zero-order chi connectivity index (χ0) is 22.9. The second-order valence-electron chi connectivity index (χ2n) is 7.84. The predicted molar refractivity (Wildman–Crippen MR) is 120 cm³/mol. The molecule has 0 atom stereocenters. The number of nitrogens with zero attached hydrogens (tertiary/aromatic N) is 3. The van der Waals surface area contributed by atoms with Crippen molar-refractivity contribution in [2.75, 3.05) is 11.9 Å².